The molecule has 0 saturated carbocycles. The minimum atomic E-state index is -0.713. The molecular weight excluding hydrogens is 338 g/mol. The lowest BCUT2D eigenvalue weighted by atomic mass is 10.2. The number of esters is 2. The highest BCUT2D eigenvalue weighted by Crippen LogP contribution is 2.02. The predicted octanol–water partition coefficient (Wildman–Crippen LogP) is 3.69. The first-order valence-electron chi connectivity index (χ1n) is 8.39. The lowest BCUT2D eigenvalue weighted by Gasteiger charge is -2.04. The zero-order valence-electron chi connectivity index (χ0n) is 16.6. The number of primary amides is 1. The Kier molecular flexibility index (Phi) is 22.2. The molecule has 0 aromatic carbocycles. The van der Waals surface area contributed by atoms with E-state index in [1.807, 2.05) is 13.8 Å². The topological polar surface area (TPSA) is 105 Å². The summed E-state index contributed by atoms with van der Waals surface area (Å²) in [4.78, 5) is 31.9. The highest BCUT2D eigenvalue weighted by atomic mass is 16.6. The van der Waals surface area contributed by atoms with E-state index >= 15 is 0 Å². The molecule has 0 aliphatic rings. The Bertz CT molecular complexity index is 455. The molecule has 0 aliphatic heterocycles. The van der Waals surface area contributed by atoms with Crippen LogP contribution in [0.1, 0.15) is 47.0 Å². The first kappa shape index (κ1) is 28.2. The summed E-state index contributed by atoms with van der Waals surface area (Å²) < 4.78 is 13.8. The average Bonchev–Trinajstić information content (AvgIpc) is 2.59. The van der Waals surface area contributed by atoms with E-state index in [4.69, 9.17) is 4.74 Å². The quantitative estimate of drug-likeness (QED) is 0.376. The molecule has 0 radical (unpaired) electrons. The molecule has 0 aliphatic carbocycles. The van der Waals surface area contributed by atoms with Crippen LogP contribution >= 0.6 is 0 Å². The molecule has 0 bridgehead atoms. The molecule has 7 heteroatoms. The van der Waals surface area contributed by atoms with Crippen molar-refractivity contribution in [2.75, 3.05) is 13.7 Å². The van der Waals surface area contributed by atoms with E-state index in [0.29, 0.717) is 6.42 Å². The maximum atomic E-state index is 11.3. The second-order valence-corrected chi connectivity index (χ2v) is 4.76. The van der Waals surface area contributed by atoms with Crippen LogP contribution in [0.4, 0.5) is 4.79 Å². The minimum Gasteiger partial charge on any atom is -0.469 e. The first-order chi connectivity index (χ1) is 12.3. The van der Waals surface area contributed by atoms with E-state index in [-0.39, 0.29) is 37.5 Å². The third-order valence-corrected chi connectivity index (χ3v) is 2.34. The van der Waals surface area contributed by atoms with Gasteiger partial charge in [0.05, 0.1) is 13.2 Å². The third kappa shape index (κ3) is 23.7. The van der Waals surface area contributed by atoms with Gasteiger partial charge in [-0.25, -0.2) is 4.79 Å². The van der Waals surface area contributed by atoms with E-state index < -0.39 is 6.09 Å². The summed E-state index contributed by atoms with van der Waals surface area (Å²) in [6, 6.07) is 0. The molecule has 2 N–H and O–H groups in total. The summed E-state index contributed by atoms with van der Waals surface area (Å²) in [7, 11) is 1.32. The van der Waals surface area contributed by atoms with Gasteiger partial charge in [-0.2, -0.15) is 0 Å². The fourth-order valence-electron chi connectivity index (χ4n) is 1.27. The number of methoxy groups -OCH3 is 1. The van der Waals surface area contributed by atoms with Crippen LogP contribution in [0.5, 0.6) is 0 Å². The van der Waals surface area contributed by atoms with Gasteiger partial charge in [-0.1, -0.05) is 45.2 Å². The molecular formula is C19H33NO6. The van der Waals surface area contributed by atoms with Crippen LogP contribution in [-0.2, 0) is 23.8 Å². The molecule has 0 fully saturated rings. The van der Waals surface area contributed by atoms with Gasteiger partial charge in [0.2, 0.25) is 0 Å². The van der Waals surface area contributed by atoms with Crippen molar-refractivity contribution in [1.82, 2.24) is 0 Å². The number of hydrogen-bond donors (Lipinski definition) is 1. The Hall–Kier alpha value is -2.57. The zero-order valence-corrected chi connectivity index (χ0v) is 16.6. The Labute approximate surface area is 156 Å². The molecule has 0 heterocycles. The number of ether oxygens (including phenoxy) is 3. The van der Waals surface area contributed by atoms with Crippen molar-refractivity contribution in [1.29, 1.82) is 0 Å². The van der Waals surface area contributed by atoms with Gasteiger partial charge in [0, 0.05) is 12.8 Å². The van der Waals surface area contributed by atoms with Gasteiger partial charge in [0.15, 0.2) is 0 Å². The predicted molar refractivity (Wildman–Crippen MR) is 102 cm³/mol. The first-order valence-corrected chi connectivity index (χ1v) is 8.39. The molecule has 0 spiro atoms. The van der Waals surface area contributed by atoms with Crippen molar-refractivity contribution in [2.45, 2.75) is 53.1 Å². The van der Waals surface area contributed by atoms with E-state index in [2.05, 4.69) is 28.4 Å². The van der Waals surface area contributed by atoms with E-state index in [1.54, 1.807) is 32.1 Å². The van der Waals surface area contributed by atoms with Crippen molar-refractivity contribution >= 4 is 18.0 Å². The number of carbonyl (C=O) groups excluding carboxylic acids is 3. The second-order valence-electron chi connectivity index (χ2n) is 4.76. The van der Waals surface area contributed by atoms with Gasteiger partial charge >= 0.3 is 18.0 Å². The molecule has 26 heavy (non-hydrogen) atoms. The SMILES string of the molecule is C=C/C=C(\C=C)COC(=O)CCCC(=O)OC.CC.CC(C)OC(N)=O. The van der Waals surface area contributed by atoms with Crippen molar-refractivity contribution < 1.29 is 28.6 Å². The summed E-state index contributed by atoms with van der Waals surface area (Å²) in [5.74, 6) is -0.665. The molecule has 0 aromatic rings. The fourth-order valence-corrected chi connectivity index (χ4v) is 1.27. The molecule has 1 amide bonds. The van der Waals surface area contributed by atoms with Crippen molar-refractivity contribution in [3.8, 4) is 0 Å². The number of hydrogen-bond acceptors (Lipinski definition) is 6. The third-order valence-electron chi connectivity index (χ3n) is 2.34. The summed E-state index contributed by atoms with van der Waals surface area (Å²) in [6.07, 6.45) is 4.96. The Morgan fingerprint density at radius 3 is 1.96 bits per heavy atom. The number of nitrogens with two attached hydrogens (primary N) is 1. The summed E-state index contributed by atoms with van der Waals surface area (Å²) in [5.41, 5.74) is 5.41. The number of carbonyl (C=O) groups is 3. The lowest BCUT2D eigenvalue weighted by Crippen LogP contribution is -2.17. The van der Waals surface area contributed by atoms with Gasteiger partial charge < -0.3 is 19.9 Å². The molecule has 0 aromatic heterocycles. The van der Waals surface area contributed by atoms with Crippen LogP contribution in [-0.4, -0.2) is 37.9 Å². The van der Waals surface area contributed by atoms with E-state index in [9.17, 15) is 14.4 Å². The van der Waals surface area contributed by atoms with Crippen LogP contribution < -0.4 is 5.73 Å². The van der Waals surface area contributed by atoms with Crippen molar-refractivity contribution in [3.05, 3.63) is 37.0 Å². The monoisotopic (exact) mass is 371 g/mol. The Morgan fingerprint density at radius 2 is 1.62 bits per heavy atom. The molecule has 0 atom stereocenters. The Morgan fingerprint density at radius 1 is 1.08 bits per heavy atom. The van der Waals surface area contributed by atoms with Crippen LogP contribution in [0, 0.1) is 0 Å². The molecule has 0 rings (SSSR count). The van der Waals surface area contributed by atoms with Gasteiger partial charge in [-0.15, -0.1) is 0 Å². The largest absolute Gasteiger partial charge is 0.469 e. The molecule has 0 saturated heterocycles. The minimum absolute atomic E-state index is 0.0995. The summed E-state index contributed by atoms with van der Waals surface area (Å²) in [5, 5.41) is 0. The van der Waals surface area contributed by atoms with Crippen molar-refractivity contribution in [3.63, 3.8) is 0 Å². The van der Waals surface area contributed by atoms with E-state index in [0.717, 1.165) is 5.57 Å². The van der Waals surface area contributed by atoms with Crippen LogP contribution in [0.2, 0.25) is 0 Å². The lowest BCUT2D eigenvalue weighted by molar-refractivity contribution is -0.143. The fraction of sp³-hybridized carbons (Fsp3) is 0.526. The highest BCUT2D eigenvalue weighted by Gasteiger charge is 2.06. The molecule has 150 valence electrons. The van der Waals surface area contributed by atoms with Gasteiger partial charge in [-0.3, -0.25) is 9.59 Å². The van der Waals surface area contributed by atoms with Crippen LogP contribution in [0.25, 0.3) is 0 Å². The van der Waals surface area contributed by atoms with Crippen LogP contribution in [0.3, 0.4) is 0 Å². The van der Waals surface area contributed by atoms with Crippen molar-refractivity contribution in [2.24, 2.45) is 5.73 Å². The number of rotatable bonds is 9. The number of allylic oxidation sites excluding steroid dienone is 2. The number of amides is 1. The molecule has 7 nitrogen and oxygen atoms in total. The van der Waals surface area contributed by atoms with Gasteiger partial charge in [0.25, 0.3) is 0 Å². The summed E-state index contributed by atoms with van der Waals surface area (Å²) in [6.45, 7) is 14.8. The average molecular weight is 371 g/mol. The van der Waals surface area contributed by atoms with Crippen LogP contribution in [0.15, 0.2) is 37.0 Å². The van der Waals surface area contributed by atoms with E-state index in [1.165, 1.54) is 7.11 Å². The second kappa shape index (κ2) is 20.5. The maximum absolute atomic E-state index is 11.3. The highest BCUT2D eigenvalue weighted by molar-refractivity contribution is 5.72. The zero-order chi connectivity index (χ0) is 21.0. The molecule has 0 unspecified atom stereocenters. The maximum Gasteiger partial charge on any atom is 0.404 e. The van der Waals surface area contributed by atoms with Gasteiger partial charge in [-0.05, 0) is 25.8 Å². The Balaban J connectivity index is -0.000000491. The summed E-state index contributed by atoms with van der Waals surface area (Å²) >= 11 is 0. The van der Waals surface area contributed by atoms with Gasteiger partial charge in [0.1, 0.15) is 6.61 Å². The normalized spacial score (nSPS) is 9.54. The smallest absolute Gasteiger partial charge is 0.404 e. The standard InChI is InChI=1S/C13H18O4.C4H9NO2.C2H6/c1-4-7-11(5-2)10-17-13(15)9-6-8-12(14)16-3;1-3(2)7-4(5)6;1-2/h4-5,7H,1-2,6,8-10H2,3H3;3H,1-2H3,(H2,5,6);1-2H3/b11-7+;;.